The van der Waals surface area contributed by atoms with Crippen LogP contribution in [0.4, 0.5) is 0 Å². The molecule has 0 bridgehead atoms. The zero-order valence-corrected chi connectivity index (χ0v) is 14.4. The summed E-state index contributed by atoms with van der Waals surface area (Å²) in [5.41, 5.74) is 1.44. The van der Waals surface area contributed by atoms with Crippen LogP contribution in [0.15, 0.2) is 42.5 Å². The minimum atomic E-state index is -0.281. The number of amides is 2. The number of hydrogen-bond donors (Lipinski definition) is 2. The van der Waals surface area contributed by atoms with Gasteiger partial charge in [0.2, 0.25) is 0 Å². The summed E-state index contributed by atoms with van der Waals surface area (Å²) in [4.78, 5) is 23.3. The van der Waals surface area contributed by atoms with Crippen molar-refractivity contribution in [3.8, 4) is 5.75 Å². The second-order valence-corrected chi connectivity index (χ2v) is 5.76. The first kappa shape index (κ1) is 18.1. The first-order valence-corrected chi connectivity index (χ1v) is 7.91. The SMILES string of the molecule is CNC(=O)c1ccc(CNC(=O)COc2ccc(Cl)cc2Cl)cc1. The average Bonchev–Trinajstić information content (AvgIpc) is 2.59. The van der Waals surface area contributed by atoms with E-state index in [0.717, 1.165) is 5.56 Å². The van der Waals surface area contributed by atoms with Gasteiger partial charge in [-0.2, -0.15) is 0 Å². The lowest BCUT2D eigenvalue weighted by Crippen LogP contribution is -2.28. The number of benzene rings is 2. The lowest BCUT2D eigenvalue weighted by molar-refractivity contribution is -0.123. The third-order valence-corrected chi connectivity index (χ3v) is 3.72. The van der Waals surface area contributed by atoms with Crippen LogP contribution in [0.25, 0.3) is 0 Å². The Balaban J connectivity index is 1.81. The summed E-state index contributed by atoms with van der Waals surface area (Å²) < 4.78 is 5.35. The molecule has 7 heteroatoms. The molecule has 126 valence electrons. The Bertz CT molecular complexity index is 733. The first-order valence-electron chi connectivity index (χ1n) is 7.15. The third kappa shape index (κ3) is 5.15. The van der Waals surface area contributed by atoms with Crippen LogP contribution in [0.3, 0.4) is 0 Å². The molecule has 0 radical (unpaired) electrons. The minimum absolute atomic E-state index is 0.154. The number of carbonyl (C=O) groups is 2. The molecule has 0 aliphatic rings. The van der Waals surface area contributed by atoms with Gasteiger partial charge in [0.15, 0.2) is 6.61 Å². The van der Waals surface area contributed by atoms with E-state index in [1.54, 1.807) is 49.5 Å². The molecule has 0 saturated heterocycles. The molecule has 0 aliphatic heterocycles. The van der Waals surface area contributed by atoms with Crippen molar-refractivity contribution in [3.63, 3.8) is 0 Å². The molecule has 0 fully saturated rings. The van der Waals surface area contributed by atoms with Crippen LogP contribution in [0.2, 0.25) is 10.0 Å². The van der Waals surface area contributed by atoms with Crippen LogP contribution in [-0.4, -0.2) is 25.5 Å². The molecule has 0 unspecified atom stereocenters. The van der Waals surface area contributed by atoms with E-state index in [1.165, 1.54) is 0 Å². The number of hydrogen-bond acceptors (Lipinski definition) is 3. The van der Waals surface area contributed by atoms with Gasteiger partial charge in [-0.25, -0.2) is 0 Å². The number of ether oxygens (including phenoxy) is 1. The molecule has 2 N–H and O–H groups in total. The second-order valence-electron chi connectivity index (χ2n) is 4.92. The third-order valence-electron chi connectivity index (χ3n) is 3.19. The van der Waals surface area contributed by atoms with Crippen LogP contribution >= 0.6 is 23.2 Å². The molecular weight excluding hydrogens is 351 g/mol. The molecule has 0 aliphatic carbocycles. The van der Waals surface area contributed by atoms with Crippen LogP contribution < -0.4 is 15.4 Å². The fraction of sp³-hybridized carbons (Fsp3) is 0.176. The summed E-state index contributed by atoms with van der Waals surface area (Å²) in [5, 5.41) is 6.12. The summed E-state index contributed by atoms with van der Waals surface area (Å²) in [6.45, 7) is 0.183. The highest BCUT2D eigenvalue weighted by Gasteiger charge is 2.07. The van der Waals surface area contributed by atoms with Gasteiger partial charge in [0.1, 0.15) is 5.75 Å². The van der Waals surface area contributed by atoms with Gasteiger partial charge in [0.05, 0.1) is 5.02 Å². The van der Waals surface area contributed by atoms with Crippen molar-refractivity contribution >= 4 is 35.0 Å². The van der Waals surface area contributed by atoms with Gasteiger partial charge in [-0.05, 0) is 35.9 Å². The maximum Gasteiger partial charge on any atom is 0.258 e. The van der Waals surface area contributed by atoms with E-state index in [0.29, 0.717) is 27.9 Å². The molecule has 2 rings (SSSR count). The molecule has 24 heavy (non-hydrogen) atoms. The van der Waals surface area contributed by atoms with Gasteiger partial charge in [-0.15, -0.1) is 0 Å². The highest BCUT2D eigenvalue weighted by Crippen LogP contribution is 2.27. The quantitative estimate of drug-likeness (QED) is 0.825. The molecule has 0 saturated carbocycles. The fourth-order valence-corrected chi connectivity index (χ4v) is 2.37. The Morgan fingerprint density at radius 1 is 1.08 bits per heavy atom. The molecular formula is C17H16Cl2N2O3. The van der Waals surface area contributed by atoms with Crippen molar-refractivity contribution < 1.29 is 14.3 Å². The van der Waals surface area contributed by atoms with Crippen molar-refractivity contribution in [3.05, 3.63) is 63.6 Å². The van der Waals surface area contributed by atoms with Gasteiger partial charge in [0, 0.05) is 24.2 Å². The highest BCUT2D eigenvalue weighted by atomic mass is 35.5. The van der Waals surface area contributed by atoms with Crippen molar-refractivity contribution in [2.75, 3.05) is 13.7 Å². The summed E-state index contributed by atoms with van der Waals surface area (Å²) in [6, 6.07) is 11.7. The van der Waals surface area contributed by atoms with Crippen LogP contribution in [0.5, 0.6) is 5.75 Å². The number of halogens is 2. The Morgan fingerprint density at radius 3 is 2.42 bits per heavy atom. The van der Waals surface area contributed by atoms with E-state index in [2.05, 4.69) is 10.6 Å². The zero-order valence-electron chi connectivity index (χ0n) is 12.9. The Kier molecular flexibility index (Phi) is 6.46. The van der Waals surface area contributed by atoms with Crippen LogP contribution in [0, 0.1) is 0 Å². The van der Waals surface area contributed by atoms with E-state index in [-0.39, 0.29) is 18.4 Å². The smallest absolute Gasteiger partial charge is 0.258 e. The van der Waals surface area contributed by atoms with Crippen molar-refractivity contribution in [2.45, 2.75) is 6.54 Å². The predicted molar refractivity (Wildman–Crippen MR) is 93.6 cm³/mol. The first-order chi connectivity index (χ1) is 11.5. The minimum Gasteiger partial charge on any atom is -0.482 e. The fourth-order valence-electron chi connectivity index (χ4n) is 1.91. The van der Waals surface area contributed by atoms with E-state index in [1.807, 2.05) is 0 Å². The summed E-state index contributed by atoms with van der Waals surface area (Å²) in [6.07, 6.45) is 0. The molecule has 5 nitrogen and oxygen atoms in total. The maximum absolute atomic E-state index is 11.8. The predicted octanol–water partition coefficient (Wildman–Crippen LogP) is 3.05. The Labute approximate surface area is 149 Å². The van der Waals surface area contributed by atoms with Gasteiger partial charge in [-0.1, -0.05) is 35.3 Å². The van der Waals surface area contributed by atoms with E-state index in [4.69, 9.17) is 27.9 Å². The average molecular weight is 367 g/mol. The summed E-state index contributed by atoms with van der Waals surface area (Å²) in [5.74, 6) is -0.0404. The lowest BCUT2D eigenvalue weighted by Gasteiger charge is -2.09. The van der Waals surface area contributed by atoms with Crippen LogP contribution in [0.1, 0.15) is 15.9 Å². The molecule has 2 amide bonds. The second kappa shape index (κ2) is 8.57. The van der Waals surface area contributed by atoms with E-state index in [9.17, 15) is 9.59 Å². The summed E-state index contributed by atoms with van der Waals surface area (Å²) in [7, 11) is 1.57. The zero-order chi connectivity index (χ0) is 17.5. The van der Waals surface area contributed by atoms with Gasteiger partial charge in [-0.3, -0.25) is 9.59 Å². The van der Waals surface area contributed by atoms with Crippen LogP contribution in [-0.2, 0) is 11.3 Å². The summed E-state index contributed by atoms with van der Waals surface area (Å²) >= 11 is 11.8. The standard InChI is InChI=1S/C17H16Cl2N2O3/c1-20-17(23)12-4-2-11(3-5-12)9-21-16(22)10-24-15-7-6-13(18)8-14(15)19/h2-8H,9-10H2,1H3,(H,20,23)(H,21,22). The monoisotopic (exact) mass is 366 g/mol. The normalized spacial score (nSPS) is 10.1. The number of rotatable bonds is 6. The lowest BCUT2D eigenvalue weighted by atomic mass is 10.1. The highest BCUT2D eigenvalue weighted by molar-refractivity contribution is 6.35. The van der Waals surface area contributed by atoms with Crippen molar-refractivity contribution in [1.29, 1.82) is 0 Å². The molecule has 0 atom stereocenters. The number of nitrogens with one attached hydrogen (secondary N) is 2. The topological polar surface area (TPSA) is 67.4 Å². The molecule has 2 aromatic carbocycles. The van der Waals surface area contributed by atoms with E-state index < -0.39 is 0 Å². The Hall–Kier alpha value is -2.24. The maximum atomic E-state index is 11.8. The van der Waals surface area contributed by atoms with Gasteiger partial charge < -0.3 is 15.4 Å². The molecule has 0 heterocycles. The molecule has 2 aromatic rings. The van der Waals surface area contributed by atoms with Crippen molar-refractivity contribution in [2.24, 2.45) is 0 Å². The van der Waals surface area contributed by atoms with Gasteiger partial charge >= 0.3 is 0 Å². The largest absolute Gasteiger partial charge is 0.482 e. The molecule has 0 spiro atoms. The Morgan fingerprint density at radius 2 is 1.79 bits per heavy atom. The van der Waals surface area contributed by atoms with Gasteiger partial charge in [0.25, 0.3) is 11.8 Å². The number of carbonyl (C=O) groups excluding carboxylic acids is 2. The van der Waals surface area contributed by atoms with Crippen molar-refractivity contribution in [1.82, 2.24) is 10.6 Å². The van der Waals surface area contributed by atoms with E-state index >= 15 is 0 Å². The molecule has 0 aromatic heterocycles.